The molecule has 3 amide bonds. The number of carbonyl (C=O) groups excluding carboxylic acids is 3. The number of carbonyl (C=O) groups is 3. The van der Waals surface area contributed by atoms with Gasteiger partial charge in [-0.05, 0) is 94.2 Å². The standard InChI is InChI=1S/C36H54N4O5/c1-5-6-7-8-9-10-21-38-34(42)32(24-27-13-17-31(18-14-27)44-26-29-19-22-37-23-20-29)40-33(41)30-15-11-28(12-16-30)25-39-35(43)45-36(2,3)4/h13-14,17-20,22-23,28,30,32H,5-12,15-16,21,24-26H2,1-4H3,(H,38,42)(H,39,43)(H,40,41)/t28?,30?,32-/m0/s1. The van der Waals surface area contributed by atoms with Crippen LogP contribution in [0.5, 0.6) is 5.75 Å². The lowest BCUT2D eigenvalue weighted by Crippen LogP contribution is -2.50. The molecule has 3 rings (SSSR count). The summed E-state index contributed by atoms with van der Waals surface area (Å²) < 4.78 is 11.2. The molecule has 1 aliphatic carbocycles. The number of alkyl carbamates (subject to hydrolysis) is 1. The van der Waals surface area contributed by atoms with Gasteiger partial charge in [-0.1, -0.05) is 51.2 Å². The molecule has 1 fully saturated rings. The Kier molecular flexibility index (Phi) is 15.2. The first kappa shape index (κ1) is 35.9. The van der Waals surface area contributed by atoms with Gasteiger partial charge in [0.1, 0.15) is 24.0 Å². The number of pyridine rings is 1. The molecule has 1 heterocycles. The monoisotopic (exact) mass is 622 g/mol. The van der Waals surface area contributed by atoms with Gasteiger partial charge in [0, 0.05) is 37.8 Å². The van der Waals surface area contributed by atoms with Gasteiger partial charge in [-0.15, -0.1) is 0 Å². The van der Waals surface area contributed by atoms with E-state index in [4.69, 9.17) is 9.47 Å². The molecule has 0 bridgehead atoms. The third kappa shape index (κ3) is 14.4. The Morgan fingerprint density at radius 2 is 1.53 bits per heavy atom. The molecule has 0 aliphatic heterocycles. The molecular weight excluding hydrogens is 568 g/mol. The Bertz CT molecular complexity index is 1160. The Morgan fingerprint density at radius 3 is 2.20 bits per heavy atom. The SMILES string of the molecule is CCCCCCCCNC(=O)[C@H](Cc1ccc(OCc2ccncc2)cc1)NC(=O)C1CCC(CNC(=O)OC(C)(C)C)CC1. The third-order valence-corrected chi connectivity index (χ3v) is 8.13. The maximum atomic E-state index is 13.4. The zero-order chi connectivity index (χ0) is 32.5. The average molecular weight is 623 g/mol. The summed E-state index contributed by atoms with van der Waals surface area (Å²) in [6, 6.07) is 10.9. The number of unbranched alkanes of at least 4 members (excludes halogenated alkanes) is 5. The van der Waals surface area contributed by atoms with Crippen molar-refractivity contribution >= 4 is 17.9 Å². The van der Waals surface area contributed by atoms with Crippen molar-refractivity contribution in [2.75, 3.05) is 13.1 Å². The first-order valence-electron chi connectivity index (χ1n) is 16.8. The van der Waals surface area contributed by atoms with Gasteiger partial charge in [-0.3, -0.25) is 14.6 Å². The number of amides is 3. The Balaban J connectivity index is 1.52. The average Bonchev–Trinajstić information content (AvgIpc) is 3.02. The van der Waals surface area contributed by atoms with Crippen LogP contribution in [0.4, 0.5) is 4.79 Å². The quantitative estimate of drug-likeness (QED) is 0.174. The molecule has 45 heavy (non-hydrogen) atoms. The number of nitrogens with one attached hydrogen (secondary N) is 3. The normalized spacial score (nSPS) is 17.2. The number of hydrogen-bond acceptors (Lipinski definition) is 6. The first-order valence-corrected chi connectivity index (χ1v) is 16.8. The predicted molar refractivity (Wildman–Crippen MR) is 177 cm³/mol. The van der Waals surface area contributed by atoms with Crippen LogP contribution >= 0.6 is 0 Å². The molecular formula is C36H54N4O5. The van der Waals surface area contributed by atoms with Gasteiger partial charge in [0.15, 0.2) is 0 Å². The zero-order valence-electron chi connectivity index (χ0n) is 27.7. The van der Waals surface area contributed by atoms with Crippen LogP contribution in [-0.2, 0) is 27.4 Å². The fourth-order valence-corrected chi connectivity index (χ4v) is 5.51. The van der Waals surface area contributed by atoms with Gasteiger partial charge in [0.25, 0.3) is 0 Å². The van der Waals surface area contributed by atoms with Crippen LogP contribution in [0.2, 0.25) is 0 Å². The molecule has 1 atom stereocenters. The summed E-state index contributed by atoms with van der Waals surface area (Å²) in [6.07, 6.45) is 13.5. The van der Waals surface area contributed by atoms with E-state index in [1.165, 1.54) is 25.7 Å². The highest BCUT2D eigenvalue weighted by atomic mass is 16.6. The van der Waals surface area contributed by atoms with E-state index in [-0.39, 0.29) is 17.7 Å². The van der Waals surface area contributed by atoms with E-state index in [9.17, 15) is 14.4 Å². The molecule has 248 valence electrons. The highest BCUT2D eigenvalue weighted by Crippen LogP contribution is 2.29. The number of benzene rings is 1. The smallest absolute Gasteiger partial charge is 0.407 e. The van der Waals surface area contributed by atoms with Crippen molar-refractivity contribution in [3.05, 3.63) is 59.9 Å². The summed E-state index contributed by atoms with van der Waals surface area (Å²) in [5.41, 5.74) is 1.45. The van der Waals surface area contributed by atoms with Crippen LogP contribution in [0.3, 0.4) is 0 Å². The highest BCUT2D eigenvalue weighted by Gasteiger charge is 2.30. The second kappa shape index (κ2) is 19.0. The maximum absolute atomic E-state index is 13.4. The van der Waals surface area contributed by atoms with E-state index in [2.05, 4.69) is 27.9 Å². The van der Waals surface area contributed by atoms with Gasteiger partial charge in [-0.25, -0.2) is 4.79 Å². The minimum atomic E-state index is -0.660. The minimum absolute atomic E-state index is 0.0782. The molecule has 9 heteroatoms. The first-order chi connectivity index (χ1) is 21.6. The fraction of sp³-hybridized carbons (Fsp3) is 0.611. The molecule has 0 saturated heterocycles. The van der Waals surface area contributed by atoms with Crippen molar-refractivity contribution in [2.45, 2.75) is 117 Å². The van der Waals surface area contributed by atoms with Crippen LogP contribution in [0.15, 0.2) is 48.8 Å². The van der Waals surface area contributed by atoms with Gasteiger partial charge in [0.2, 0.25) is 11.8 Å². The van der Waals surface area contributed by atoms with Crippen molar-refractivity contribution in [3.63, 3.8) is 0 Å². The van der Waals surface area contributed by atoms with Crippen LogP contribution in [-0.4, -0.2) is 47.6 Å². The zero-order valence-corrected chi connectivity index (χ0v) is 27.7. The molecule has 3 N–H and O–H groups in total. The van der Waals surface area contributed by atoms with Crippen LogP contribution < -0.4 is 20.7 Å². The van der Waals surface area contributed by atoms with Crippen molar-refractivity contribution in [1.29, 1.82) is 0 Å². The van der Waals surface area contributed by atoms with E-state index in [0.717, 1.165) is 55.4 Å². The number of aromatic nitrogens is 1. The summed E-state index contributed by atoms with van der Waals surface area (Å²) in [5.74, 6) is 0.662. The molecule has 1 aliphatic rings. The van der Waals surface area contributed by atoms with E-state index in [1.54, 1.807) is 12.4 Å². The molecule has 2 aromatic rings. The van der Waals surface area contributed by atoms with Crippen LogP contribution in [0, 0.1) is 11.8 Å². The number of rotatable bonds is 17. The van der Waals surface area contributed by atoms with E-state index >= 15 is 0 Å². The molecule has 0 spiro atoms. The summed E-state index contributed by atoms with van der Waals surface area (Å²) in [6.45, 7) is 9.31. The molecule has 0 unspecified atom stereocenters. The lowest BCUT2D eigenvalue weighted by atomic mass is 9.81. The predicted octanol–water partition coefficient (Wildman–Crippen LogP) is 6.50. The van der Waals surface area contributed by atoms with Crippen molar-refractivity contribution in [3.8, 4) is 5.75 Å². The summed E-state index contributed by atoms with van der Waals surface area (Å²) >= 11 is 0. The van der Waals surface area contributed by atoms with E-state index in [1.807, 2.05) is 57.2 Å². The van der Waals surface area contributed by atoms with Crippen LogP contribution in [0.1, 0.15) is 103 Å². The van der Waals surface area contributed by atoms with Gasteiger partial charge in [-0.2, -0.15) is 0 Å². The van der Waals surface area contributed by atoms with E-state index in [0.29, 0.717) is 32.0 Å². The number of nitrogens with zero attached hydrogens (tertiary/aromatic N) is 1. The molecule has 1 aromatic carbocycles. The van der Waals surface area contributed by atoms with Crippen molar-refractivity contribution < 1.29 is 23.9 Å². The highest BCUT2D eigenvalue weighted by molar-refractivity contribution is 5.88. The molecule has 1 aromatic heterocycles. The number of hydrogen-bond donors (Lipinski definition) is 3. The second-order valence-corrected chi connectivity index (χ2v) is 13.2. The minimum Gasteiger partial charge on any atom is -0.489 e. The molecule has 0 radical (unpaired) electrons. The lowest BCUT2D eigenvalue weighted by molar-refractivity contribution is -0.131. The third-order valence-electron chi connectivity index (χ3n) is 8.13. The number of ether oxygens (including phenoxy) is 2. The lowest BCUT2D eigenvalue weighted by Gasteiger charge is -2.29. The Labute approximate surface area is 269 Å². The molecule has 9 nitrogen and oxygen atoms in total. The summed E-state index contributed by atoms with van der Waals surface area (Å²) in [5, 5.41) is 9.00. The second-order valence-electron chi connectivity index (χ2n) is 13.2. The topological polar surface area (TPSA) is 119 Å². The largest absolute Gasteiger partial charge is 0.489 e. The Morgan fingerprint density at radius 1 is 0.867 bits per heavy atom. The maximum Gasteiger partial charge on any atom is 0.407 e. The van der Waals surface area contributed by atoms with E-state index < -0.39 is 17.7 Å². The Hall–Kier alpha value is -3.62. The summed E-state index contributed by atoms with van der Waals surface area (Å²) in [4.78, 5) is 42.8. The van der Waals surface area contributed by atoms with Gasteiger partial charge >= 0.3 is 6.09 Å². The molecule has 1 saturated carbocycles. The van der Waals surface area contributed by atoms with Crippen LogP contribution in [0.25, 0.3) is 0 Å². The van der Waals surface area contributed by atoms with Crippen molar-refractivity contribution in [1.82, 2.24) is 20.9 Å². The fourth-order valence-electron chi connectivity index (χ4n) is 5.51. The van der Waals surface area contributed by atoms with Gasteiger partial charge in [0.05, 0.1) is 0 Å². The van der Waals surface area contributed by atoms with Gasteiger partial charge < -0.3 is 25.4 Å². The van der Waals surface area contributed by atoms with Crippen molar-refractivity contribution in [2.24, 2.45) is 11.8 Å². The summed E-state index contributed by atoms with van der Waals surface area (Å²) in [7, 11) is 0.